The van der Waals surface area contributed by atoms with Crippen molar-refractivity contribution in [1.82, 2.24) is 5.32 Å². The summed E-state index contributed by atoms with van der Waals surface area (Å²) in [7, 11) is 0. The van der Waals surface area contributed by atoms with Crippen LogP contribution < -0.4 is 5.32 Å². The predicted molar refractivity (Wildman–Crippen MR) is 108 cm³/mol. The number of thioether (sulfide) groups is 1. The number of carbonyl (C=O) groups is 3. The number of carbonyl (C=O) groups excluding carboxylic acids is 3. The van der Waals surface area contributed by atoms with Gasteiger partial charge in [0.05, 0.1) is 21.4 Å². The number of ether oxygens (including phenoxy) is 1. The molecule has 0 bridgehead atoms. The topological polar surface area (TPSA) is 116 Å². The highest BCUT2D eigenvalue weighted by Gasteiger charge is 2.21. The average molecular weight is 416 g/mol. The van der Waals surface area contributed by atoms with E-state index in [-0.39, 0.29) is 17.0 Å². The number of nitrogens with zero attached hydrogens (tertiary/aromatic N) is 1. The van der Waals surface area contributed by atoms with E-state index >= 15 is 0 Å². The highest BCUT2D eigenvalue weighted by Crippen LogP contribution is 2.28. The van der Waals surface area contributed by atoms with Crippen molar-refractivity contribution in [2.75, 3.05) is 12.9 Å². The number of benzene rings is 2. The molecule has 0 unspecified atom stereocenters. The van der Waals surface area contributed by atoms with E-state index in [2.05, 4.69) is 5.32 Å². The van der Waals surface area contributed by atoms with Crippen molar-refractivity contribution in [3.8, 4) is 0 Å². The van der Waals surface area contributed by atoms with Gasteiger partial charge in [-0.2, -0.15) is 0 Å². The summed E-state index contributed by atoms with van der Waals surface area (Å²) < 4.78 is 4.94. The summed E-state index contributed by atoms with van der Waals surface area (Å²) in [6.45, 7) is 0.766. The van der Waals surface area contributed by atoms with Gasteiger partial charge in [0, 0.05) is 6.07 Å². The second-order valence-electron chi connectivity index (χ2n) is 6.14. The summed E-state index contributed by atoms with van der Waals surface area (Å²) in [6.07, 6.45) is 2.00. The Morgan fingerprint density at radius 3 is 2.45 bits per heavy atom. The van der Waals surface area contributed by atoms with Gasteiger partial charge in [-0.3, -0.25) is 19.7 Å². The van der Waals surface area contributed by atoms with Crippen LogP contribution in [0.5, 0.6) is 0 Å². The number of ketones is 1. The van der Waals surface area contributed by atoms with E-state index in [1.165, 1.54) is 30.8 Å². The quantitative estimate of drug-likeness (QED) is 0.289. The van der Waals surface area contributed by atoms with Crippen molar-refractivity contribution in [2.45, 2.75) is 24.3 Å². The van der Waals surface area contributed by atoms with Crippen LogP contribution in [0, 0.1) is 10.1 Å². The van der Waals surface area contributed by atoms with Crippen LogP contribution in [-0.4, -0.2) is 41.5 Å². The maximum atomic E-state index is 12.1. The van der Waals surface area contributed by atoms with E-state index in [9.17, 15) is 24.5 Å². The Morgan fingerprint density at radius 2 is 1.86 bits per heavy atom. The molecule has 2 rings (SSSR count). The number of nitro groups is 1. The summed E-state index contributed by atoms with van der Waals surface area (Å²) in [4.78, 5) is 47.0. The monoisotopic (exact) mass is 416 g/mol. The molecule has 0 saturated heterocycles. The molecule has 8 nitrogen and oxygen atoms in total. The number of rotatable bonds is 9. The van der Waals surface area contributed by atoms with Crippen LogP contribution in [0.2, 0.25) is 0 Å². The van der Waals surface area contributed by atoms with Gasteiger partial charge >= 0.3 is 5.97 Å². The number of hydrogen-bond acceptors (Lipinski definition) is 7. The van der Waals surface area contributed by atoms with Crippen molar-refractivity contribution in [1.29, 1.82) is 0 Å². The number of hydrogen-bond donors (Lipinski definition) is 1. The summed E-state index contributed by atoms with van der Waals surface area (Å²) >= 11 is 1.18. The molecule has 0 aliphatic rings. The van der Waals surface area contributed by atoms with Crippen LogP contribution in [0.15, 0.2) is 53.4 Å². The van der Waals surface area contributed by atoms with Gasteiger partial charge < -0.3 is 10.1 Å². The van der Waals surface area contributed by atoms with Crippen LogP contribution in [0.25, 0.3) is 0 Å². The van der Waals surface area contributed by atoms with E-state index in [1.54, 1.807) is 6.26 Å². The average Bonchev–Trinajstić information content (AvgIpc) is 2.71. The maximum Gasteiger partial charge on any atom is 0.338 e. The fourth-order valence-corrected chi connectivity index (χ4v) is 3.10. The minimum absolute atomic E-state index is 0.0327. The van der Waals surface area contributed by atoms with Crippen LogP contribution in [0.1, 0.15) is 22.8 Å². The van der Waals surface area contributed by atoms with Gasteiger partial charge in [0.25, 0.3) is 11.6 Å². The van der Waals surface area contributed by atoms with E-state index < -0.39 is 29.4 Å². The molecule has 2 aromatic carbocycles. The Labute approximate surface area is 171 Å². The molecule has 0 radical (unpaired) electrons. The van der Waals surface area contributed by atoms with E-state index in [0.29, 0.717) is 11.3 Å². The van der Waals surface area contributed by atoms with Gasteiger partial charge in [-0.05, 0) is 37.3 Å². The Bertz CT molecular complexity index is 916. The second kappa shape index (κ2) is 10.4. The van der Waals surface area contributed by atoms with Crippen LogP contribution >= 0.6 is 11.8 Å². The van der Waals surface area contributed by atoms with Gasteiger partial charge in [0.2, 0.25) is 0 Å². The summed E-state index contributed by atoms with van der Waals surface area (Å²) in [5, 5.41) is 13.6. The van der Waals surface area contributed by atoms with Crippen LogP contribution in [0.4, 0.5) is 5.69 Å². The molecule has 1 amide bonds. The number of esters is 1. The van der Waals surface area contributed by atoms with Crippen LogP contribution in [0.3, 0.4) is 0 Å². The minimum atomic E-state index is -0.863. The first-order chi connectivity index (χ1) is 13.8. The Morgan fingerprint density at radius 1 is 1.17 bits per heavy atom. The Balaban J connectivity index is 1.97. The van der Waals surface area contributed by atoms with Crippen LogP contribution in [-0.2, 0) is 20.7 Å². The van der Waals surface area contributed by atoms with Crippen molar-refractivity contribution in [3.05, 3.63) is 69.8 Å². The first kappa shape index (κ1) is 22.1. The highest BCUT2D eigenvalue weighted by molar-refractivity contribution is 7.98. The molecule has 0 aliphatic carbocycles. The summed E-state index contributed by atoms with van der Waals surface area (Å²) in [5.41, 5.74) is 0.636. The van der Waals surface area contributed by atoms with Gasteiger partial charge in [-0.1, -0.05) is 30.3 Å². The number of nitro benzene ring substituents is 1. The molecule has 0 aliphatic heterocycles. The van der Waals surface area contributed by atoms with Crippen molar-refractivity contribution in [2.24, 2.45) is 0 Å². The standard InChI is InChI=1S/C20H20N2O6S/c1-13(23)16(10-14-6-4-3-5-7-14)21-19(24)12-28-20(25)15-8-9-18(29-2)17(11-15)22(26)27/h3-9,11,16H,10,12H2,1-2H3,(H,21,24)/t16-/m1/s1. The molecule has 0 spiro atoms. The molecular formula is C20H20N2O6S. The third-order valence-electron chi connectivity index (χ3n) is 4.05. The van der Waals surface area contributed by atoms with Crippen molar-refractivity contribution >= 4 is 35.1 Å². The number of nitrogens with one attached hydrogen (secondary N) is 1. The smallest absolute Gasteiger partial charge is 0.338 e. The molecule has 1 N–H and O–H groups in total. The van der Waals surface area contributed by atoms with E-state index in [1.807, 2.05) is 30.3 Å². The zero-order valence-corrected chi connectivity index (χ0v) is 16.7. The normalized spacial score (nSPS) is 11.4. The lowest BCUT2D eigenvalue weighted by molar-refractivity contribution is -0.387. The SMILES string of the molecule is CSc1ccc(C(=O)OCC(=O)N[C@H](Cc2ccccc2)C(C)=O)cc1[N+](=O)[O-]. The predicted octanol–water partition coefficient (Wildman–Crippen LogP) is 2.79. The number of Topliss-reactive ketones (excluding diaryl/α,β-unsaturated/α-hetero) is 1. The number of amides is 1. The van der Waals surface area contributed by atoms with Gasteiger partial charge in [-0.25, -0.2) is 4.79 Å². The van der Waals surface area contributed by atoms with Gasteiger partial charge in [0.1, 0.15) is 0 Å². The second-order valence-corrected chi connectivity index (χ2v) is 6.99. The largest absolute Gasteiger partial charge is 0.452 e. The highest BCUT2D eigenvalue weighted by atomic mass is 32.2. The fourth-order valence-electron chi connectivity index (χ4n) is 2.56. The molecule has 9 heteroatoms. The third kappa shape index (κ3) is 6.42. The molecule has 29 heavy (non-hydrogen) atoms. The zero-order valence-electron chi connectivity index (χ0n) is 15.9. The summed E-state index contributed by atoms with van der Waals surface area (Å²) in [6, 6.07) is 12.4. The van der Waals surface area contributed by atoms with Gasteiger partial charge in [0.15, 0.2) is 12.4 Å². The molecule has 152 valence electrons. The lowest BCUT2D eigenvalue weighted by Gasteiger charge is -2.16. The van der Waals surface area contributed by atoms with Crippen molar-refractivity contribution in [3.63, 3.8) is 0 Å². The molecule has 0 saturated carbocycles. The van der Waals surface area contributed by atoms with Gasteiger partial charge in [-0.15, -0.1) is 11.8 Å². The maximum absolute atomic E-state index is 12.1. The van der Waals surface area contributed by atoms with E-state index in [4.69, 9.17) is 4.74 Å². The first-order valence-corrected chi connectivity index (χ1v) is 9.87. The van der Waals surface area contributed by atoms with E-state index in [0.717, 1.165) is 11.6 Å². The lowest BCUT2D eigenvalue weighted by Crippen LogP contribution is -2.43. The van der Waals surface area contributed by atoms with Crippen molar-refractivity contribution < 1.29 is 24.0 Å². The first-order valence-electron chi connectivity index (χ1n) is 8.65. The summed E-state index contributed by atoms with van der Waals surface area (Å²) in [5.74, 6) is -1.72. The Hall–Kier alpha value is -3.20. The molecule has 1 atom stereocenters. The third-order valence-corrected chi connectivity index (χ3v) is 4.84. The molecule has 0 fully saturated rings. The molecular weight excluding hydrogens is 396 g/mol. The zero-order chi connectivity index (χ0) is 21.4. The molecule has 2 aromatic rings. The lowest BCUT2D eigenvalue weighted by atomic mass is 10.0. The minimum Gasteiger partial charge on any atom is -0.452 e. The fraction of sp³-hybridized carbons (Fsp3) is 0.250. The Kier molecular flexibility index (Phi) is 7.90. The molecule has 0 aromatic heterocycles. The molecule has 0 heterocycles.